The molecule has 3 aromatic rings. The molecule has 5 nitrogen and oxygen atoms in total. The van der Waals surface area contributed by atoms with E-state index in [2.05, 4.69) is 4.98 Å². The van der Waals surface area contributed by atoms with Crippen molar-refractivity contribution < 1.29 is 23.5 Å². The average molecular weight is 375 g/mol. The molecule has 1 aromatic heterocycles. The number of benzene rings is 2. The molecule has 2 aromatic carbocycles. The van der Waals surface area contributed by atoms with Gasteiger partial charge in [-0.05, 0) is 55.0 Å². The maximum atomic E-state index is 13.4. The van der Waals surface area contributed by atoms with Crippen LogP contribution in [0.4, 0.5) is 4.39 Å². The lowest BCUT2D eigenvalue weighted by Crippen LogP contribution is -2.09. The number of ether oxygens (including phenoxy) is 2. The molecule has 0 atom stereocenters. The van der Waals surface area contributed by atoms with Gasteiger partial charge < -0.3 is 9.47 Å². The zero-order valence-corrected chi connectivity index (χ0v) is 14.8. The third-order valence-electron chi connectivity index (χ3n) is 4.30. The minimum absolute atomic E-state index is 0.0845. The molecule has 0 N–H and O–H groups in total. The number of hydrogen-bond acceptors (Lipinski definition) is 5. The number of allylic oxidation sites excluding steroid dienone is 1. The average Bonchev–Trinajstić information content (AvgIpc) is 3.01. The van der Waals surface area contributed by atoms with Crippen LogP contribution in [-0.4, -0.2) is 16.7 Å². The third-order valence-corrected chi connectivity index (χ3v) is 4.30. The van der Waals surface area contributed by atoms with Crippen LogP contribution in [0.3, 0.4) is 0 Å². The van der Waals surface area contributed by atoms with Gasteiger partial charge in [0.05, 0.1) is 11.1 Å². The molecule has 0 radical (unpaired) electrons. The summed E-state index contributed by atoms with van der Waals surface area (Å²) in [4.78, 5) is 28.7. The van der Waals surface area contributed by atoms with Gasteiger partial charge in [0.1, 0.15) is 17.3 Å². The first kappa shape index (κ1) is 17.6. The number of hydrogen-bond donors (Lipinski definition) is 0. The number of nitrogens with zero attached hydrogens (tertiary/aromatic N) is 1. The standard InChI is InChI=1S/C22H14FNO4/c1-13-18(28-22(26)15-7-9-24-10-8-15)6-5-17-20(25)19(27-21(13)17)12-14-3-2-4-16(23)11-14/h2-12H,1H3/b19-12-. The lowest BCUT2D eigenvalue weighted by Gasteiger charge is -2.10. The third kappa shape index (κ3) is 3.27. The Bertz CT molecular complexity index is 1120. The van der Waals surface area contributed by atoms with Crippen molar-refractivity contribution in [2.75, 3.05) is 0 Å². The van der Waals surface area contributed by atoms with Crippen LogP contribution in [0.5, 0.6) is 11.5 Å². The molecular weight excluding hydrogens is 361 g/mol. The summed E-state index contributed by atoms with van der Waals surface area (Å²) in [6, 6.07) is 12.0. The highest BCUT2D eigenvalue weighted by atomic mass is 19.1. The zero-order valence-electron chi connectivity index (χ0n) is 14.8. The van der Waals surface area contributed by atoms with Gasteiger partial charge in [-0.2, -0.15) is 0 Å². The van der Waals surface area contributed by atoms with Crippen LogP contribution in [0.15, 0.2) is 66.7 Å². The summed E-state index contributed by atoms with van der Waals surface area (Å²) >= 11 is 0. The minimum atomic E-state index is -0.537. The van der Waals surface area contributed by atoms with Crippen LogP contribution in [-0.2, 0) is 0 Å². The predicted octanol–water partition coefficient (Wildman–Crippen LogP) is 4.36. The highest BCUT2D eigenvalue weighted by molar-refractivity contribution is 6.15. The van der Waals surface area contributed by atoms with Crippen molar-refractivity contribution in [2.24, 2.45) is 0 Å². The first-order valence-corrected chi connectivity index (χ1v) is 8.48. The zero-order chi connectivity index (χ0) is 19.7. The largest absolute Gasteiger partial charge is 0.452 e. The first-order chi connectivity index (χ1) is 13.5. The number of pyridine rings is 1. The molecular formula is C22H14FNO4. The summed E-state index contributed by atoms with van der Waals surface area (Å²) in [5.74, 6) is -0.548. The smallest absolute Gasteiger partial charge is 0.343 e. The molecule has 0 spiro atoms. The van der Waals surface area contributed by atoms with Crippen LogP contribution in [0.25, 0.3) is 6.08 Å². The number of ketones is 1. The van der Waals surface area contributed by atoms with Crippen molar-refractivity contribution >= 4 is 17.8 Å². The molecule has 138 valence electrons. The molecule has 0 saturated heterocycles. The van der Waals surface area contributed by atoms with Crippen molar-refractivity contribution in [1.29, 1.82) is 0 Å². The van der Waals surface area contributed by atoms with Crippen LogP contribution >= 0.6 is 0 Å². The molecule has 0 saturated carbocycles. The highest BCUT2D eigenvalue weighted by Crippen LogP contribution is 2.39. The Labute approximate surface area is 160 Å². The van der Waals surface area contributed by atoms with Crippen molar-refractivity contribution in [3.05, 3.63) is 94.8 Å². The SMILES string of the molecule is Cc1c(OC(=O)c2ccncc2)ccc2c1O/C(=C\c1cccc(F)c1)C2=O. The Morgan fingerprint density at radius 1 is 1.14 bits per heavy atom. The number of carbonyl (C=O) groups is 2. The van der Waals surface area contributed by atoms with E-state index >= 15 is 0 Å². The normalized spacial score (nSPS) is 13.9. The fraction of sp³-hybridized carbons (Fsp3) is 0.0455. The second-order valence-corrected chi connectivity index (χ2v) is 6.19. The molecule has 0 amide bonds. The van der Waals surface area contributed by atoms with Gasteiger partial charge in [0, 0.05) is 18.0 Å². The van der Waals surface area contributed by atoms with E-state index in [1.165, 1.54) is 30.6 Å². The summed E-state index contributed by atoms with van der Waals surface area (Å²) in [5.41, 5.74) is 1.76. The van der Waals surface area contributed by atoms with Gasteiger partial charge in [0.2, 0.25) is 5.78 Å². The molecule has 28 heavy (non-hydrogen) atoms. The number of rotatable bonds is 3. The second-order valence-electron chi connectivity index (χ2n) is 6.19. The van der Waals surface area contributed by atoms with Crippen molar-refractivity contribution in [3.8, 4) is 11.5 Å². The van der Waals surface area contributed by atoms with Gasteiger partial charge in [-0.15, -0.1) is 0 Å². The molecule has 0 aliphatic carbocycles. The van der Waals surface area contributed by atoms with Crippen LogP contribution < -0.4 is 9.47 Å². The van der Waals surface area contributed by atoms with E-state index in [1.54, 1.807) is 43.3 Å². The van der Waals surface area contributed by atoms with E-state index < -0.39 is 11.8 Å². The summed E-state index contributed by atoms with van der Waals surface area (Å²) in [6.45, 7) is 1.70. The van der Waals surface area contributed by atoms with E-state index in [-0.39, 0.29) is 11.5 Å². The summed E-state index contributed by atoms with van der Waals surface area (Å²) in [7, 11) is 0. The molecule has 1 aliphatic rings. The van der Waals surface area contributed by atoms with E-state index in [1.807, 2.05) is 0 Å². The molecule has 4 rings (SSSR count). The Kier molecular flexibility index (Phi) is 4.45. The van der Waals surface area contributed by atoms with Crippen molar-refractivity contribution in [3.63, 3.8) is 0 Å². The molecule has 2 heterocycles. The fourth-order valence-electron chi connectivity index (χ4n) is 2.87. The van der Waals surface area contributed by atoms with Crippen LogP contribution in [0, 0.1) is 12.7 Å². The van der Waals surface area contributed by atoms with E-state index in [9.17, 15) is 14.0 Å². The summed E-state index contributed by atoms with van der Waals surface area (Å²) < 4.78 is 24.5. The number of fused-ring (bicyclic) bond motifs is 1. The first-order valence-electron chi connectivity index (χ1n) is 8.48. The van der Waals surface area contributed by atoms with Gasteiger partial charge in [-0.1, -0.05) is 12.1 Å². The molecule has 0 fully saturated rings. The van der Waals surface area contributed by atoms with Crippen LogP contribution in [0.1, 0.15) is 31.8 Å². The van der Waals surface area contributed by atoms with Gasteiger partial charge >= 0.3 is 5.97 Å². The molecule has 0 bridgehead atoms. The van der Waals surface area contributed by atoms with Gasteiger partial charge in [-0.3, -0.25) is 9.78 Å². The number of esters is 1. The summed E-state index contributed by atoms with van der Waals surface area (Å²) in [6.07, 6.45) is 4.47. The maximum absolute atomic E-state index is 13.4. The van der Waals surface area contributed by atoms with Gasteiger partial charge in [0.15, 0.2) is 5.76 Å². The number of aromatic nitrogens is 1. The highest BCUT2D eigenvalue weighted by Gasteiger charge is 2.30. The Morgan fingerprint density at radius 3 is 2.68 bits per heavy atom. The lowest BCUT2D eigenvalue weighted by atomic mass is 10.1. The Balaban J connectivity index is 1.63. The van der Waals surface area contributed by atoms with Gasteiger partial charge in [0.25, 0.3) is 0 Å². The fourth-order valence-corrected chi connectivity index (χ4v) is 2.87. The van der Waals surface area contributed by atoms with Gasteiger partial charge in [-0.25, -0.2) is 9.18 Å². The van der Waals surface area contributed by atoms with Crippen molar-refractivity contribution in [1.82, 2.24) is 4.98 Å². The quantitative estimate of drug-likeness (QED) is 0.386. The van der Waals surface area contributed by atoms with E-state index in [0.29, 0.717) is 33.8 Å². The minimum Gasteiger partial charge on any atom is -0.452 e. The second kappa shape index (κ2) is 7.08. The number of carbonyl (C=O) groups excluding carboxylic acids is 2. The number of Topliss-reactive ketones (excluding diaryl/α,β-unsaturated/α-hetero) is 1. The Hall–Kier alpha value is -3.80. The number of halogens is 1. The van der Waals surface area contributed by atoms with E-state index in [0.717, 1.165) is 0 Å². The van der Waals surface area contributed by atoms with Crippen LogP contribution in [0.2, 0.25) is 0 Å². The monoisotopic (exact) mass is 375 g/mol. The topological polar surface area (TPSA) is 65.5 Å². The Morgan fingerprint density at radius 2 is 1.93 bits per heavy atom. The summed E-state index contributed by atoms with van der Waals surface area (Å²) in [5, 5.41) is 0. The molecule has 1 aliphatic heterocycles. The van der Waals surface area contributed by atoms with Crippen molar-refractivity contribution in [2.45, 2.75) is 6.92 Å². The predicted molar refractivity (Wildman–Crippen MR) is 99.7 cm³/mol. The maximum Gasteiger partial charge on any atom is 0.343 e. The molecule has 0 unspecified atom stereocenters. The molecule has 6 heteroatoms. The lowest BCUT2D eigenvalue weighted by molar-refractivity contribution is 0.0733. The van der Waals surface area contributed by atoms with E-state index in [4.69, 9.17) is 9.47 Å².